The monoisotopic (exact) mass is 418 g/mol. The van der Waals surface area contributed by atoms with Crippen molar-refractivity contribution in [1.29, 1.82) is 0 Å². The summed E-state index contributed by atoms with van der Waals surface area (Å²) in [6, 6.07) is 9.56. The van der Waals surface area contributed by atoms with Crippen molar-refractivity contribution in [2.75, 3.05) is 0 Å². The van der Waals surface area contributed by atoms with Gasteiger partial charge in [0.25, 0.3) is 0 Å². The molecule has 0 saturated carbocycles. The standard InChI is InChI=1S/C23H30O3S2/c1-13(14-11-9-8-10-12-14)26-21(25)15-19(27)16(22(2,3)4)18(24)17(20(15)28)23(5,6)7/h8-13,24,27-28H,1-7H3. The number of carbonyl (C=O) groups excluding carboxylic acids is 1. The number of phenols is 1. The summed E-state index contributed by atoms with van der Waals surface area (Å²) in [5, 5.41) is 11.0. The lowest BCUT2D eigenvalue weighted by molar-refractivity contribution is 0.0328. The quantitative estimate of drug-likeness (QED) is 0.395. The van der Waals surface area contributed by atoms with Gasteiger partial charge in [0.05, 0.1) is 5.56 Å². The number of aromatic hydroxyl groups is 1. The number of hydrogen-bond acceptors (Lipinski definition) is 5. The Morgan fingerprint density at radius 1 is 0.929 bits per heavy atom. The molecule has 0 fully saturated rings. The molecular formula is C23H30O3S2. The van der Waals surface area contributed by atoms with Gasteiger partial charge in [-0.1, -0.05) is 71.9 Å². The Morgan fingerprint density at radius 3 is 1.75 bits per heavy atom. The average Bonchev–Trinajstić information content (AvgIpc) is 2.52. The Bertz CT molecular complexity index is 834. The fraction of sp³-hybridized carbons (Fsp3) is 0.435. The number of ether oxygens (including phenoxy) is 1. The van der Waals surface area contributed by atoms with Crippen molar-refractivity contribution in [3.05, 3.63) is 52.6 Å². The maximum absolute atomic E-state index is 13.1. The van der Waals surface area contributed by atoms with E-state index in [4.69, 9.17) is 4.74 Å². The van der Waals surface area contributed by atoms with Crippen molar-refractivity contribution in [2.24, 2.45) is 0 Å². The van der Waals surface area contributed by atoms with Crippen LogP contribution in [0.2, 0.25) is 0 Å². The molecular weight excluding hydrogens is 388 g/mol. The number of rotatable bonds is 3. The smallest absolute Gasteiger partial charge is 0.341 e. The first-order valence-corrected chi connectivity index (χ1v) is 10.2. The summed E-state index contributed by atoms with van der Waals surface area (Å²) in [6.07, 6.45) is -0.417. The van der Waals surface area contributed by atoms with Crippen LogP contribution in [0.3, 0.4) is 0 Å². The molecule has 0 saturated heterocycles. The number of esters is 1. The predicted octanol–water partition coefficient (Wildman–Crippen LogP) is 6.48. The second kappa shape index (κ2) is 8.03. The van der Waals surface area contributed by atoms with Crippen LogP contribution in [0, 0.1) is 0 Å². The molecule has 0 heterocycles. The van der Waals surface area contributed by atoms with Crippen LogP contribution >= 0.6 is 25.3 Å². The van der Waals surface area contributed by atoms with Crippen molar-refractivity contribution in [3.8, 4) is 5.75 Å². The Balaban J connectivity index is 2.64. The Labute approximate surface area is 179 Å². The van der Waals surface area contributed by atoms with Crippen molar-refractivity contribution in [3.63, 3.8) is 0 Å². The molecule has 3 nitrogen and oxygen atoms in total. The molecule has 0 amide bonds. The first kappa shape index (κ1) is 22.7. The van der Waals surface area contributed by atoms with Gasteiger partial charge in [-0.25, -0.2) is 4.79 Å². The molecule has 1 atom stereocenters. The summed E-state index contributed by atoms with van der Waals surface area (Å²) in [5.74, 6) is -0.356. The van der Waals surface area contributed by atoms with Crippen LogP contribution in [0.4, 0.5) is 0 Å². The molecule has 1 unspecified atom stereocenters. The molecule has 0 bridgehead atoms. The van der Waals surface area contributed by atoms with Crippen LogP contribution in [0.1, 0.15) is 81.6 Å². The SMILES string of the molecule is CC(OC(=O)c1c(S)c(C(C)(C)C)c(O)c(C(C)(C)C)c1S)c1ccccc1. The van der Waals surface area contributed by atoms with Gasteiger partial charge < -0.3 is 9.84 Å². The van der Waals surface area contributed by atoms with E-state index in [-0.39, 0.29) is 5.75 Å². The Hall–Kier alpha value is -1.59. The number of hydrogen-bond donors (Lipinski definition) is 3. The van der Waals surface area contributed by atoms with Gasteiger partial charge in [-0.05, 0) is 23.3 Å². The highest BCUT2D eigenvalue weighted by atomic mass is 32.1. The van der Waals surface area contributed by atoms with E-state index in [9.17, 15) is 9.90 Å². The number of carbonyl (C=O) groups is 1. The molecule has 0 aliphatic rings. The molecule has 0 aromatic heterocycles. The number of thiol groups is 2. The predicted molar refractivity (Wildman–Crippen MR) is 120 cm³/mol. The van der Waals surface area contributed by atoms with Crippen molar-refractivity contribution < 1.29 is 14.6 Å². The van der Waals surface area contributed by atoms with Gasteiger partial charge in [-0.15, -0.1) is 25.3 Å². The summed E-state index contributed by atoms with van der Waals surface area (Å²) in [6.45, 7) is 13.7. The zero-order valence-corrected chi connectivity index (χ0v) is 19.4. The molecule has 5 heteroatoms. The third kappa shape index (κ3) is 4.52. The molecule has 2 aromatic rings. The van der Waals surface area contributed by atoms with Crippen molar-refractivity contribution >= 4 is 31.2 Å². The van der Waals surface area contributed by atoms with E-state index in [1.807, 2.05) is 78.8 Å². The van der Waals surface area contributed by atoms with Crippen LogP contribution in [-0.2, 0) is 15.6 Å². The average molecular weight is 419 g/mol. The lowest BCUT2D eigenvalue weighted by Gasteiger charge is -2.31. The molecule has 1 N–H and O–H groups in total. The summed E-state index contributed by atoms with van der Waals surface area (Å²) in [7, 11) is 0. The van der Waals surface area contributed by atoms with E-state index in [1.165, 1.54) is 0 Å². The molecule has 0 spiro atoms. The van der Waals surface area contributed by atoms with Gasteiger partial charge in [0.1, 0.15) is 11.9 Å². The maximum Gasteiger partial charge on any atom is 0.341 e. The minimum absolute atomic E-state index is 0.141. The van der Waals surface area contributed by atoms with Crippen LogP contribution in [0.25, 0.3) is 0 Å². The van der Waals surface area contributed by atoms with Crippen molar-refractivity contribution in [1.82, 2.24) is 0 Å². The maximum atomic E-state index is 13.1. The van der Waals surface area contributed by atoms with Crippen LogP contribution in [0.5, 0.6) is 5.75 Å². The molecule has 0 aliphatic carbocycles. The molecule has 152 valence electrons. The van der Waals surface area contributed by atoms with E-state index in [1.54, 1.807) is 0 Å². The molecule has 2 aromatic carbocycles. The number of phenolic OH excluding ortho intramolecular Hbond substituents is 1. The zero-order valence-electron chi connectivity index (χ0n) is 17.6. The fourth-order valence-electron chi connectivity index (χ4n) is 3.34. The lowest BCUT2D eigenvalue weighted by Crippen LogP contribution is -2.22. The summed E-state index contributed by atoms with van der Waals surface area (Å²) in [5.41, 5.74) is 1.62. The highest BCUT2D eigenvalue weighted by Gasteiger charge is 2.35. The minimum Gasteiger partial charge on any atom is -0.507 e. The van der Waals surface area contributed by atoms with Gasteiger partial charge in [0.15, 0.2) is 0 Å². The lowest BCUT2D eigenvalue weighted by atomic mass is 9.78. The largest absolute Gasteiger partial charge is 0.507 e. The topological polar surface area (TPSA) is 46.5 Å². The van der Waals surface area contributed by atoms with Crippen LogP contribution in [-0.4, -0.2) is 11.1 Å². The molecule has 2 rings (SSSR count). The molecule has 28 heavy (non-hydrogen) atoms. The first-order chi connectivity index (χ1) is 12.8. The van der Waals surface area contributed by atoms with Gasteiger partial charge in [0, 0.05) is 20.9 Å². The minimum atomic E-state index is -0.498. The third-order valence-corrected chi connectivity index (χ3v) is 5.57. The van der Waals surface area contributed by atoms with Crippen molar-refractivity contribution in [2.45, 2.75) is 75.2 Å². The van der Waals surface area contributed by atoms with Crippen LogP contribution < -0.4 is 0 Å². The summed E-state index contributed by atoms with van der Waals surface area (Å²) >= 11 is 9.25. The third-order valence-electron chi connectivity index (χ3n) is 4.68. The number of benzene rings is 2. The van der Waals surface area contributed by atoms with Gasteiger partial charge in [-0.3, -0.25) is 0 Å². The summed E-state index contributed by atoms with van der Waals surface area (Å²) in [4.78, 5) is 14.0. The Morgan fingerprint density at radius 2 is 1.36 bits per heavy atom. The van der Waals surface area contributed by atoms with Gasteiger partial charge in [-0.2, -0.15) is 0 Å². The normalized spacial score (nSPS) is 13.3. The zero-order chi connectivity index (χ0) is 21.4. The summed E-state index contributed by atoms with van der Waals surface area (Å²) < 4.78 is 5.74. The first-order valence-electron chi connectivity index (χ1n) is 9.34. The molecule has 0 radical (unpaired) electrons. The highest BCUT2D eigenvalue weighted by Crippen LogP contribution is 2.48. The van der Waals surface area contributed by atoms with E-state index >= 15 is 0 Å². The second-order valence-electron chi connectivity index (χ2n) is 9.13. The fourth-order valence-corrected chi connectivity index (χ4v) is 4.71. The van der Waals surface area contributed by atoms with E-state index in [0.717, 1.165) is 5.56 Å². The van der Waals surface area contributed by atoms with E-state index in [0.29, 0.717) is 26.5 Å². The van der Waals surface area contributed by atoms with E-state index < -0.39 is 22.9 Å². The highest BCUT2D eigenvalue weighted by molar-refractivity contribution is 7.81. The van der Waals surface area contributed by atoms with Gasteiger partial charge in [0.2, 0.25) is 0 Å². The second-order valence-corrected chi connectivity index (χ2v) is 10.0. The van der Waals surface area contributed by atoms with E-state index in [2.05, 4.69) is 25.3 Å². The van der Waals surface area contributed by atoms with Gasteiger partial charge >= 0.3 is 5.97 Å². The van der Waals surface area contributed by atoms with Crippen LogP contribution in [0.15, 0.2) is 40.1 Å². The molecule has 0 aliphatic heterocycles. The Kier molecular flexibility index (Phi) is 6.51.